The number of anilines is 1. The van der Waals surface area contributed by atoms with E-state index in [1.807, 2.05) is 24.3 Å². The van der Waals surface area contributed by atoms with Crippen LogP contribution in [-0.4, -0.2) is 43.1 Å². The first-order valence-corrected chi connectivity index (χ1v) is 6.63. The van der Waals surface area contributed by atoms with Gasteiger partial charge in [-0.3, -0.25) is 0 Å². The van der Waals surface area contributed by atoms with Crippen LogP contribution < -0.4 is 4.90 Å². The number of likely N-dealkylation sites (N-methyl/N-ethyl adjacent to an activating group) is 2. The lowest BCUT2D eigenvalue weighted by Crippen LogP contribution is -2.34. The van der Waals surface area contributed by atoms with Crippen molar-refractivity contribution < 1.29 is 0 Å². The molecule has 4 heteroatoms. The highest BCUT2D eigenvalue weighted by molar-refractivity contribution is 5.91. The van der Waals surface area contributed by atoms with Crippen molar-refractivity contribution >= 4 is 16.7 Å². The summed E-state index contributed by atoms with van der Waals surface area (Å²) >= 11 is 0. The lowest BCUT2D eigenvalue weighted by atomic mass is 10.1. The number of H-pyrrole nitrogens is 1. The molecule has 4 nitrogen and oxygen atoms in total. The number of hydrogen-bond acceptors (Lipinski definition) is 3. The maximum Gasteiger partial charge on any atom is 0.125 e. The number of aromatic nitrogens is 1. The van der Waals surface area contributed by atoms with E-state index in [4.69, 9.17) is 0 Å². The predicted octanol–water partition coefficient (Wildman–Crippen LogP) is 2.18. The summed E-state index contributed by atoms with van der Waals surface area (Å²) in [6.45, 7) is 2.17. The second kappa shape index (κ2) is 4.60. The minimum atomic E-state index is 0.477. The van der Waals surface area contributed by atoms with E-state index in [-0.39, 0.29) is 0 Å². The van der Waals surface area contributed by atoms with E-state index in [1.165, 1.54) is 0 Å². The molecule has 1 aliphatic heterocycles. The molecule has 1 aliphatic rings. The van der Waals surface area contributed by atoms with Crippen LogP contribution in [0, 0.1) is 11.3 Å². The van der Waals surface area contributed by atoms with Crippen molar-refractivity contribution in [3.05, 3.63) is 29.8 Å². The molecule has 1 aromatic heterocycles. The van der Waals surface area contributed by atoms with Crippen LogP contribution in [0.25, 0.3) is 10.9 Å². The summed E-state index contributed by atoms with van der Waals surface area (Å²) < 4.78 is 0. The Morgan fingerprint density at radius 3 is 2.89 bits per heavy atom. The van der Waals surface area contributed by atoms with Gasteiger partial charge in [0.05, 0.1) is 0 Å². The molecule has 3 rings (SSSR count). The second-order valence-corrected chi connectivity index (χ2v) is 5.32. The van der Waals surface area contributed by atoms with Crippen molar-refractivity contribution in [3.8, 4) is 6.07 Å². The number of aromatic amines is 1. The maximum atomic E-state index is 9.44. The Morgan fingerprint density at radius 2 is 2.21 bits per heavy atom. The van der Waals surface area contributed by atoms with Crippen LogP contribution in [0.4, 0.5) is 5.82 Å². The Bertz CT molecular complexity index is 637. The molecule has 1 aromatic carbocycles. The molecule has 19 heavy (non-hydrogen) atoms. The Balaban J connectivity index is 2.02. The van der Waals surface area contributed by atoms with Gasteiger partial charge in [0.2, 0.25) is 0 Å². The number of benzene rings is 1. The van der Waals surface area contributed by atoms with Crippen molar-refractivity contribution in [1.82, 2.24) is 9.88 Å². The standard InChI is InChI=1S/C15H18N4/c1-18-8-7-11(10-18)19(2)15-13(9-16)12-5-3-4-6-14(12)17-15/h3-6,11,17H,7-8,10H2,1-2H3. The van der Waals surface area contributed by atoms with Crippen LogP contribution >= 0.6 is 0 Å². The van der Waals surface area contributed by atoms with E-state index < -0.39 is 0 Å². The highest BCUT2D eigenvalue weighted by Crippen LogP contribution is 2.30. The zero-order valence-electron chi connectivity index (χ0n) is 11.3. The van der Waals surface area contributed by atoms with Gasteiger partial charge in [0.15, 0.2) is 0 Å². The van der Waals surface area contributed by atoms with E-state index in [0.29, 0.717) is 6.04 Å². The molecule has 1 fully saturated rings. The number of likely N-dealkylation sites (tertiary alicyclic amines) is 1. The normalized spacial score (nSPS) is 19.7. The van der Waals surface area contributed by atoms with Gasteiger partial charge in [-0.1, -0.05) is 18.2 Å². The van der Waals surface area contributed by atoms with Crippen LogP contribution in [0.2, 0.25) is 0 Å². The monoisotopic (exact) mass is 254 g/mol. The summed E-state index contributed by atoms with van der Waals surface area (Å²) in [7, 11) is 4.22. The molecule has 1 atom stereocenters. The summed E-state index contributed by atoms with van der Waals surface area (Å²) in [5.41, 5.74) is 1.79. The second-order valence-electron chi connectivity index (χ2n) is 5.32. The third kappa shape index (κ3) is 1.96. The van der Waals surface area contributed by atoms with Gasteiger partial charge >= 0.3 is 0 Å². The van der Waals surface area contributed by atoms with Crippen molar-refractivity contribution in [1.29, 1.82) is 5.26 Å². The molecule has 0 bridgehead atoms. The van der Waals surface area contributed by atoms with E-state index >= 15 is 0 Å². The molecule has 2 heterocycles. The fourth-order valence-corrected chi connectivity index (χ4v) is 2.92. The molecule has 1 saturated heterocycles. The maximum absolute atomic E-state index is 9.44. The van der Waals surface area contributed by atoms with Gasteiger partial charge in [-0.05, 0) is 26.1 Å². The Morgan fingerprint density at radius 1 is 1.42 bits per heavy atom. The number of nitriles is 1. The first kappa shape index (κ1) is 12.1. The first-order chi connectivity index (χ1) is 9.20. The SMILES string of the molecule is CN1CCC(N(C)c2[nH]c3ccccc3c2C#N)C1. The summed E-state index contributed by atoms with van der Waals surface area (Å²) in [6, 6.07) is 10.8. The zero-order chi connectivity index (χ0) is 13.4. The van der Waals surface area contributed by atoms with Crippen LogP contribution in [0.3, 0.4) is 0 Å². The Labute approximate surface area is 113 Å². The van der Waals surface area contributed by atoms with Gasteiger partial charge in [0.1, 0.15) is 17.5 Å². The number of nitrogens with zero attached hydrogens (tertiary/aromatic N) is 3. The van der Waals surface area contributed by atoms with Gasteiger partial charge in [-0.15, -0.1) is 0 Å². The summed E-state index contributed by atoms with van der Waals surface area (Å²) in [4.78, 5) is 7.94. The fraction of sp³-hybridized carbons (Fsp3) is 0.400. The van der Waals surface area contributed by atoms with Crippen LogP contribution in [0.15, 0.2) is 24.3 Å². The van der Waals surface area contributed by atoms with Crippen molar-refractivity contribution in [2.45, 2.75) is 12.5 Å². The Kier molecular flexibility index (Phi) is 2.92. The number of rotatable bonds is 2. The number of nitrogens with one attached hydrogen (secondary N) is 1. The molecular weight excluding hydrogens is 236 g/mol. The molecule has 1 unspecified atom stereocenters. The third-order valence-corrected chi connectivity index (χ3v) is 4.06. The summed E-state index contributed by atoms with van der Waals surface area (Å²) in [5, 5.41) is 10.5. The molecule has 2 aromatic rings. The molecule has 0 radical (unpaired) electrons. The minimum absolute atomic E-state index is 0.477. The average Bonchev–Trinajstić information content (AvgIpc) is 3.01. The van der Waals surface area contributed by atoms with Crippen LogP contribution in [0.1, 0.15) is 12.0 Å². The fourth-order valence-electron chi connectivity index (χ4n) is 2.92. The van der Waals surface area contributed by atoms with E-state index in [9.17, 15) is 5.26 Å². The largest absolute Gasteiger partial charge is 0.356 e. The first-order valence-electron chi connectivity index (χ1n) is 6.63. The smallest absolute Gasteiger partial charge is 0.125 e. The molecule has 0 saturated carbocycles. The van der Waals surface area contributed by atoms with Crippen LogP contribution in [0.5, 0.6) is 0 Å². The number of fused-ring (bicyclic) bond motifs is 1. The average molecular weight is 254 g/mol. The lowest BCUT2D eigenvalue weighted by molar-refractivity contribution is 0.409. The quantitative estimate of drug-likeness (QED) is 0.893. The Hall–Kier alpha value is -1.99. The molecule has 1 N–H and O–H groups in total. The van der Waals surface area contributed by atoms with E-state index in [0.717, 1.165) is 41.8 Å². The van der Waals surface area contributed by atoms with Crippen molar-refractivity contribution in [3.63, 3.8) is 0 Å². The van der Waals surface area contributed by atoms with E-state index in [1.54, 1.807) is 0 Å². The molecule has 0 amide bonds. The number of para-hydroxylation sites is 1. The predicted molar refractivity (Wildman–Crippen MR) is 77.3 cm³/mol. The van der Waals surface area contributed by atoms with Gasteiger partial charge in [0.25, 0.3) is 0 Å². The van der Waals surface area contributed by atoms with Gasteiger partial charge in [-0.2, -0.15) is 5.26 Å². The topological polar surface area (TPSA) is 46.1 Å². The molecule has 0 aliphatic carbocycles. The highest BCUT2D eigenvalue weighted by atomic mass is 15.3. The van der Waals surface area contributed by atoms with E-state index in [2.05, 4.69) is 34.9 Å². The third-order valence-electron chi connectivity index (χ3n) is 4.06. The van der Waals surface area contributed by atoms with Crippen molar-refractivity contribution in [2.75, 3.05) is 32.1 Å². The lowest BCUT2D eigenvalue weighted by Gasteiger charge is -2.25. The van der Waals surface area contributed by atoms with Crippen LogP contribution in [-0.2, 0) is 0 Å². The highest BCUT2D eigenvalue weighted by Gasteiger charge is 2.26. The zero-order valence-corrected chi connectivity index (χ0v) is 11.3. The number of hydrogen-bond donors (Lipinski definition) is 1. The summed E-state index contributed by atoms with van der Waals surface area (Å²) in [5.74, 6) is 0.948. The molecule has 98 valence electrons. The molecule has 0 spiro atoms. The summed E-state index contributed by atoms with van der Waals surface area (Å²) in [6.07, 6.45) is 1.15. The van der Waals surface area contributed by atoms with Gasteiger partial charge in [-0.25, -0.2) is 0 Å². The van der Waals surface area contributed by atoms with Gasteiger partial charge < -0.3 is 14.8 Å². The minimum Gasteiger partial charge on any atom is -0.356 e. The van der Waals surface area contributed by atoms with Gasteiger partial charge in [0, 0.05) is 30.5 Å². The van der Waals surface area contributed by atoms with Crippen molar-refractivity contribution in [2.24, 2.45) is 0 Å². The molecular formula is C15H18N4.